The largest absolute Gasteiger partial charge is 0.488 e. The molecule has 6 nitrogen and oxygen atoms in total. The first-order valence-corrected chi connectivity index (χ1v) is 12.3. The highest BCUT2D eigenvalue weighted by Crippen LogP contribution is 2.35. The fourth-order valence-corrected chi connectivity index (χ4v) is 4.57. The van der Waals surface area contributed by atoms with Crippen LogP contribution in [0.1, 0.15) is 11.1 Å². The van der Waals surface area contributed by atoms with Gasteiger partial charge in [0.1, 0.15) is 24.7 Å². The van der Waals surface area contributed by atoms with Crippen LogP contribution in [-0.4, -0.2) is 28.5 Å². The molecule has 0 unspecified atom stereocenters. The monoisotopic (exact) mass is 574 g/mol. The van der Waals surface area contributed by atoms with Crippen molar-refractivity contribution in [2.45, 2.75) is 6.61 Å². The van der Waals surface area contributed by atoms with E-state index in [-0.39, 0.29) is 17.3 Å². The summed E-state index contributed by atoms with van der Waals surface area (Å²) in [6.45, 7) is -0.258. The van der Waals surface area contributed by atoms with Gasteiger partial charge in [-0.3, -0.25) is 19.3 Å². The maximum absolute atomic E-state index is 13.1. The molecule has 0 saturated carbocycles. The Balaban J connectivity index is 1.48. The lowest BCUT2D eigenvalue weighted by Gasteiger charge is -2.13. The fraction of sp³-hybridized carbons (Fsp3) is 0.0800. The first-order valence-electron chi connectivity index (χ1n) is 10.3. The van der Waals surface area contributed by atoms with Crippen molar-refractivity contribution in [2.24, 2.45) is 0 Å². The molecule has 0 aliphatic carbocycles. The molecule has 0 radical (unpaired) electrons. The molecule has 0 aromatic heterocycles. The average Bonchev–Trinajstić information content (AvgIpc) is 3.08. The number of benzene rings is 3. The molecule has 0 bridgehead atoms. The number of anilines is 1. The van der Waals surface area contributed by atoms with Gasteiger partial charge in [0, 0.05) is 10.0 Å². The molecule has 1 heterocycles. The van der Waals surface area contributed by atoms with Crippen molar-refractivity contribution in [3.8, 4) is 5.75 Å². The SMILES string of the molecule is O=C(CN1C(=O)S/C(=C/c2cc(Br)ccc2OCc2ccc(F)cc2)C1=O)Nc1ccccc1Cl. The van der Waals surface area contributed by atoms with Crippen LogP contribution in [0, 0.1) is 5.82 Å². The molecule has 1 N–H and O–H groups in total. The summed E-state index contributed by atoms with van der Waals surface area (Å²) in [5, 5.41) is 2.39. The Morgan fingerprint density at radius 1 is 1.11 bits per heavy atom. The maximum atomic E-state index is 13.1. The smallest absolute Gasteiger partial charge is 0.294 e. The number of carbonyl (C=O) groups excluding carboxylic acids is 3. The average molecular weight is 576 g/mol. The normalized spacial score (nSPS) is 14.5. The summed E-state index contributed by atoms with van der Waals surface area (Å²) in [4.78, 5) is 38.8. The molecule has 4 rings (SSSR count). The van der Waals surface area contributed by atoms with E-state index in [0.29, 0.717) is 22.0 Å². The highest BCUT2D eigenvalue weighted by Gasteiger charge is 2.36. The van der Waals surface area contributed by atoms with Crippen LogP contribution >= 0.6 is 39.3 Å². The number of hydrogen-bond donors (Lipinski definition) is 1. The minimum absolute atomic E-state index is 0.158. The van der Waals surface area contributed by atoms with Crippen molar-refractivity contribution in [2.75, 3.05) is 11.9 Å². The van der Waals surface area contributed by atoms with Gasteiger partial charge in [-0.15, -0.1) is 0 Å². The number of nitrogens with one attached hydrogen (secondary N) is 1. The van der Waals surface area contributed by atoms with Crippen molar-refractivity contribution >= 4 is 68.1 Å². The topological polar surface area (TPSA) is 75.7 Å². The molecule has 1 aliphatic heterocycles. The van der Waals surface area contributed by atoms with Crippen molar-refractivity contribution < 1.29 is 23.5 Å². The maximum Gasteiger partial charge on any atom is 0.294 e. The van der Waals surface area contributed by atoms with E-state index >= 15 is 0 Å². The second kappa shape index (κ2) is 11.1. The molecule has 178 valence electrons. The number of amides is 3. The summed E-state index contributed by atoms with van der Waals surface area (Å²) < 4.78 is 19.8. The molecule has 0 atom stereocenters. The van der Waals surface area contributed by atoms with E-state index in [9.17, 15) is 18.8 Å². The molecular formula is C25H17BrClFN2O4S. The third-order valence-electron chi connectivity index (χ3n) is 4.89. The van der Waals surface area contributed by atoms with Crippen molar-refractivity contribution in [1.82, 2.24) is 4.90 Å². The number of para-hydroxylation sites is 1. The fourth-order valence-electron chi connectivity index (χ4n) is 3.18. The lowest BCUT2D eigenvalue weighted by molar-refractivity contribution is -0.127. The molecule has 3 amide bonds. The standard InChI is InChI=1S/C25H17BrClFN2O4S/c26-17-7-10-21(34-14-15-5-8-18(28)9-6-15)16(11-17)12-22-24(32)30(25(33)35-22)13-23(31)29-20-4-2-1-3-19(20)27/h1-12H,13-14H2,(H,29,31)/b22-12+. The Kier molecular flexibility index (Phi) is 7.90. The molecule has 0 spiro atoms. The first kappa shape index (κ1) is 25.0. The van der Waals surface area contributed by atoms with Gasteiger partial charge in [0.2, 0.25) is 5.91 Å². The van der Waals surface area contributed by atoms with Gasteiger partial charge in [0.15, 0.2) is 0 Å². The Hall–Kier alpha value is -3.14. The zero-order chi connectivity index (χ0) is 24.9. The van der Waals surface area contributed by atoms with E-state index in [1.54, 1.807) is 60.7 Å². The highest BCUT2D eigenvalue weighted by atomic mass is 79.9. The van der Waals surface area contributed by atoms with E-state index in [1.807, 2.05) is 0 Å². The van der Waals surface area contributed by atoms with Crippen LogP contribution in [0.5, 0.6) is 5.75 Å². The van der Waals surface area contributed by atoms with Crippen molar-refractivity contribution in [3.05, 3.63) is 98.1 Å². The molecule has 10 heteroatoms. The first-order chi connectivity index (χ1) is 16.8. The zero-order valence-corrected chi connectivity index (χ0v) is 21.1. The Labute approximate surface area is 218 Å². The van der Waals surface area contributed by atoms with Gasteiger partial charge in [-0.25, -0.2) is 4.39 Å². The number of ether oxygens (including phenoxy) is 1. The lowest BCUT2D eigenvalue weighted by Crippen LogP contribution is -2.36. The van der Waals surface area contributed by atoms with Gasteiger partial charge in [-0.05, 0) is 65.9 Å². The minimum atomic E-state index is -0.584. The molecule has 1 fully saturated rings. The van der Waals surface area contributed by atoms with Gasteiger partial charge >= 0.3 is 0 Å². The van der Waals surface area contributed by atoms with E-state index < -0.39 is 23.6 Å². The zero-order valence-electron chi connectivity index (χ0n) is 18.0. The Morgan fingerprint density at radius 3 is 2.60 bits per heavy atom. The van der Waals surface area contributed by atoms with E-state index in [4.69, 9.17) is 16.3 Å². The number of halogens is 3. The van der Waals surface area contributed by atoms with Crippen LogP contribution in [0.15, 0.2) is 76.1 Å². The lowest BCUT2D eigenvalue weighted by atomic mass is 10.1. The summed E-state index contributed by atoms with van der Waals surface area (Å²) in [6.07, 6.45) is 1.54. The van der Waals surface area contributed by atoms with E-state index in [2.05, 4.69) is 21.2 Å². The van der Waals surface area contributed by atoms with Gasteiger partial charge in [-0.2, -0.15) is 0 Å². The van der Waals surface area contributed by atoms with Gasteiger partial charge < -0.3 is 10.1 Å². The summed E-state index contributed by atoms with van der Waals surface area (Å²) in [6, 6.07) is 17.8. The van der Waals surface area contributed by atoms with Gasteiger partial charge in [-0.1, -0.05) is 51.8 Å². The predicted octanol–water partition coefficient (Wildman–Crippen LogP) is 6.50. The van der Waals surface area contributed by atoms with Gasteiger partial charge in [0.05, 0.1) is 15.6 Å². The molecule has 1 aliphatic rings. The second-order valence-corrected chi connectivity index (χ2v) is 9.71. The quantitative estimate of drug-likeness (QED) is 0.326. The molecule has 3 aromatic rings. The number of imide groups is 1. The van der Waals surface area contributed by atoms with Crippen LogP contribution in [-0.2, 0) is 16.2 Å². The van der Waals surface area contributed by atoms with Crippen LogP contribution in [0.3, 0.4) is 0 Å². The molecule has 1 saturated heterocycles. The Bertz CT molecular complexity index is 1330. The number of hydrogen-bond acceptors (Lipinski definition) is 5. The predicted molar refractivity (Wildman–Crippen MR) is 138 cm³/mol. The van der Waals surface area contributed by atoms with Crippen LogP contribution in [0.2, 0.25) is 5.02 Å². The number of nitrogens with zero attached hydrogens (tertiary/aromatic N) is 1. The van der Waals surface area contributed by atoms with Crippen molar-refractivity contribution in [1.29, 1.82) is 0 Å². The third-order valence-corrected chi connectivity index (χ3v) is 6.62. The summed E-state index contributed by atoms with van der Waals surface area (Å²) in [5.41, 5.74) is 1.72. The van der Waals surface area contributed by atoms with Crippen LogP contribution < -0.4 is 10.1 Å². The molecular weight excluding hydrogens is 559 g/mol. The summed E-state index contributed by atoms with van der Waals surface area (Å²) in [5.74, 6) is -0.999. The third kappa shape index (κ3) is 6.30. The second-order valence-electron chi connectivity index (χ2n) is 7.39. The van der Waals surface area contributed by atoms with Crippen LogP contribution in [0.4, 0.5) is 14.9 Å². The van der Waals surface area contributed by atoms with Crippen LogP contribution in [0.25, 0.3) is 6.08 Å². The number of carbonyl (C=O) groups is 3. The number of rotatable bonds is 7. The van der Waals surface area contributed by atoms with Gasteiger partial charge in [0.25, 0.3) is 11.1 Å². The Morgan fingerprint density at radius 2 is 1.86 bits per heavy atom. The van der Waals surface area contributed by atoms with E-state index in [0.717, 1.165) is 26.7 Å². The minimum Gasteiger partial charge on any atom is -0.488 e. The summed E-state index contributed by atoms with van der Waals surface area (Å²) >= 11 is 10.2. The van der Waals surface area contributed by atoms with Crippen molar-refractivity contribution in [3.63, 3.8) is 0 Å². The molecule has 35 heavy (non-hydrogen) atoms. The number of thioether (sulfide) groups is 1. The molecule has 3 aromatic carbocycles. The van der Waals surface area contributed by atoms with E-state index in [1.165, 1.54) is 12.1 Å². The summed E-state index contributed by atoms with van der Waals surface area (Å²) in [7, 11) is 0. The highest BCUT2D eigenvalue weighted by molar-refractivity contribution is 9.10.